The van der Waals surface area contributed by atoms with Crippen molar-refractivity contribution in [3.63, 3.8) is 0 Å². The Morgan fingerprint density at radius 3 is 2.42 bits per heavy atom. The number of aliphatic hydroxyl groups is 2. The maximum Gasteiger partial charge on any atom is 0.227 e. The third kappa shape index (κ3) is 1.91. The average Bonchev–Trinajstić information content (AvgIpc) is 2.55. The largest absolute Gasteiger partial charge is 0.504 e. The minimum absolute atomic E-state index is 0.156. The fourth-order valence-corrected chi connectivity index (χ4v) is 3.87. The van der Waals surface area contributed by atoms with Crippen molar-refractivity contribution in [1.29, 1.82) is 0 Å². The third-order valence-electron chi connectivity index (χ3n) is 5.18. The molecule has 0 heterocycles. The van der Waals surface area contributed by atoms with Gasteiger partial charge in [-0.2, -0.15) is 0 Å². The van der Waals surface area contributed by atoms with Gasteiger partial charge in [0, 0.05) is 22.1 Å². The van der Waals surface area contributed by atoms with Crippen LogP contribution in [0, 0.1) is 5.41 Å². The quantitative estimate of drug-likeness (QED) is 0.872. The van der Waals surface area contributed by atoms with Gasteiger partial charge >= 0.3 is 0 Å². The molecule has 0 spiro atoms. The minimum Gasteiger partial charge on any atom is -0.504 e. The van der Waals surface area contributed by atoms with Crippen LogP contribution in [0.4, 0.5) is 0 Å². The predicted octanol–water partition coefficient (Wildman–Crippen LogP) is 2.62. The molecule has 1 aromatic rings. The SMILES string of the molecule is COc1cc2c(cc1CO)C(=O)C(O)=C1C(C)(C)C(=O)C=C[C@]12C. The van der Waals surface area contributed by atoms with Crippen LogP contribution in [0.1, 0.15) is 42.3 Å². The van der Waals surface area contributed by atoms with E-state index >= 15 is 0 Å². The smallest absolute Gasteiger partial charge is 0.227 e. The molecule has 0 aromatic heterocycles. The van der Waals surface area contributed by atoms with Gasteiger partial charge in [-0.15, -0.1) is 0 Å². The summed E-state index contributed by atoms with van der Waals surface area (Å²) in [5.41, 5.74) is 0.0680. The summed E-state index contributed by atoms with van der Waals surface area (Å²) >= 11 is 0. The maximum atomic E-state index is 12.7. The molecule has 0 saturated heterocycles. The van der Waals surface area contributed by atoms with E-state index in [-0.39, 0.29) is 18.1 Å². The number of Topliss-reactive ketones (excluding diaryl/α,β-unsaturated/α-hetero) is 1. The summed E-state index contributed by atoms with van der Waals surface area (Å²) < 4.78 is 5.32. The van der Waals surface area contributed by atoms with E-state index in [1.54, 1.807) is 32.1 Å². The van der Waals surface area contributed by atoms with E-state index in [9.17, 15) is 19.8 Å². The van der Waals surface area contributed by atoms with E-state index in [2.05, 4.69) is 0 Å². The van der Waals surface area contributed by atoms with E-state index in [1.165, 1.54) is 13.2 Å². The Bertz CT molecular complexity index is 828. The number of ketones is 2. The molecule has 5 nitrogen and oxygen atoms in total. The molecule has 0 fully saturated rings. The van der Waals surface area contributed by atoms with Gasteiger partial charge < -0.3 is 14.9 Å². The molecule has 0 aliphatic heterocycles. The zero-order valence-electron chi connectivity index (χ0n) is 14.1. The molecular formula is C19H20O5. The molecule has 0 radical (unpaired) electrons. The number of fused-ring (bicyclic) bond motifs is 3. The molecule has 0 amide bonds. The summed E-state index contributed by atoms with van der Waals surface area (Å²) in [5.74, 6) is -0.612. The zero-order valence-corrected chi connectivity index (χ0v) is 14.1. The lowest BCUT2D eigenvalue weighted by atomic mass is 9.57. The maximum absolute atomic E-state index is 12.7. The number of carbonyl (C=O) groups excluding carboxylic acids is 2. The molecule has 2 aliphatic carbocycles. The van der Waals surface area contributed by atoms with Crippen LogP contribution >= 0.6 is 0 Å². The molecule has 3 rings (SSSR count). The zero-order chi connectivity index (χ0) is 17.9. The molecule has 126 valence electrons. The second-order valence-electron chi connectivity index (χ2n) is 6.95. The fraction of sp³-hybridized carbons (Fsp3) is 0.368. The monoisotopic (exact) mass is 328 g/mol. The predicted molar refractivity (Wildman–Crippen MR) is 88.2 cm³/mol. The highest BCUT2D eigenvalue weighted by Crippen LogP contribution is 2.52. The highest BCUT2D eigenvalue weighted by atomic mass is 16.5. The van der Waals surface area contributed by atoms with Gasteiger partial charge in [-0.3, -0.25) is 9.59 Å². The number of allylic oxidation sites excluding steroid dienone is 4. The number of hydrogen-bond acceptors (Lipinski definition) is 5. The molecule has 1 aromatic carbocycles. The molecule has 5 heteroatoms. The van der Waals surface area contributed by atoms with Crippen molar-refractivity contribution in [2.24, 2.45) is 5.41 Å². The second-order valence-corrected chi connectivity index (χ2v) is 6.95. The van der Waals surface area contributed by atoms with Crippen LogP contribution in [0.3, 0.4) is 0 Å². The molecular weight excluding hydrogens is 308 g/mol. The van der Waals surface area contributed by atoms with Crippen LogP contribution in [0.15, 0.2) is 35.6 Å². The summed E-state index contributed by atoms with van der Waals surface area (Å²) in [5, 5.41) is 20.1. The van der Waals surface area contributed by atoms with Crippen molar-refractivity contribution in [2.45, 2.75) is 32.8 Å². The summed E-state index contributed by atoms with van der Waals surface area (Å²) in [6.07, 6.45) is 3.22. The van der Waals surface area contributed by atoms with Gasteiger partial charge in [-0.25, -0.2) is 0 Å². The number of aliphatic hydroxyl groups excluding tert-OH is 2. The van der Waals surface area contributed by atoms with Gasteiger partial charge in [0.15, 0.2) is 11.5 Å². The van der Waals surface area contributed by atoms with Crippen molar-refractivity contribution >= 4 is 11.6 Å². The van der Waals surface area contributed by atoms with Crippen LogP contribution in [0.2, 0.25) is 0 Å². The minimum atomic E-state index is -0.982. The third-order valence-corrected chi connectivity index (χ3v) is 5.18. The van der Waals surface area contributed by atoms with Gasteiger partial charge in [0.05, 0.1) is 19.1 Å². The number of methoxy groups -OCH3 is 1. The molecule has 2 N–H and O–H groups in total. The van der Waals surface area contributed by atoms with Crippen molar-refractivity contribution in [2.75, 3.05) is 7.11 Å². The summed E-state index contributed by atoms with van der Waals surface area (Å²) in [4.78, 5) is 25.0. The summed E-state index contributed by atoms with van der Waals surface area (Å²) in [6, 6.07) is 3.26. The Balaban J connectivity index is 2.40. The lowest BCUT2D eigenvalue weighted by Crippen LogP contribution is -2.45. The standard InChI is InChI=1S/C19H20O5/c1-18(2)14(21)5-6-19(3)12-8-13(24-4)10(9-20)7-11(12)15(22)16(23)17(18)19/h5-8,20,23H,9H2,1-4H3/t19-/m0/s1. The van der Waals surface area contributed by atoms with E-state index < -0.39 is 16.6 Å². The Morgan fingerprint density at radius 1 is 1.17 bits per heavy atom. The molecule has 0 saturated carbocycles. The number of rotatable bonds is 2. The Hall–Kier alpha value is -2.40. The van der Waals surface area contributed by atoms with Crippen molar-refractivity contribution in [3.8, 4) is 5.75 Å². The summed E-state index contributed by atoms with van der Waals surface area (Å²) in [6.45, 7) is 5.00. The van der Waals surface area contributed by atoms with Crippen LogP contribution in [0.5, 0.6) is 5.75 Å². The first-order valence-corrected chi connectivity index (χ1v) is 7.73. The van der Waals surface area contributed by atoms with Crippen LogP contribution in [-0.4, -0.2) is 28.9 Å². The Kier molecular flexibility index (Phi) is 3.46. The highest BCUT2D eigenvalue weighted by molar-refractivity contribution is 6.13. The second kappa shape index (κ2) is 5.05. The van der Waals surface area contributed by atoms with Crippen LogP contribution in [-0.2, 0) is 16.8 Å². The fourth-order valence-electron chi connectivity index (χ4n) is 3.87. The van der Waals surface area contributed by atoms with Gasteiger partial charge in [0.2, 0.25) is 5.78 Å². The van der Waals surface area contributed by atoms with Gasteiger partial charge in [-0.05, 0) is 44.5 Å². The first-order chi connectivity index (χ1) is 11.2. The molecule has 0 unspecified atom stereocenters. The average molecular weight is 328 g/mol. The lowest BCUT2D eigenvalue weighted by molar-refractivity contribution is -0.121. The van der Waals surface area contributed by atoms with Crippen molar-refractivity contribution < 1.29 is 24.5 Å². The van der Waals surface area contributed by atoms with Gasteiger partial charge in [0.25, 0.3) is 0 Å². The number of benzene rings is 1. The van der Waals surface area contributed by atoms with E-state index in [0.717, 1.165) is 0 Å². The van der Waals surface area contributed by atoms with E-state index in [1.807, 2.05) is 6.92 Å². The Morgan fingerprint density at radius 2 is 1.83 bits per heavy atom. The first-order valence-electron chi connectivity index (χ1n) is 7.73. The summed E-state index contributed by atoms with van der Waals surface area (Å²) in [7, 11) is 1.49. The van der Waals surface area contributed by atoms with Crippen molar-refractivity contribution in [3.05, 3.63) is 52.3 Å². The number of ether oxygens (including phenoxy) is 1. The molecule has 1 atom stereocenters. The number of hydrogen-bond donors (Lipinski definition) is 2. The highest BCUT2D eigenvalue weighted by Gasteiger charge is 2.51. The van der Waals surface area contributed by atoms with Crippen LogP contribution in [0.25, 0.3) is 0 Å². The molecule has 0 bridgehead atoms. The Labute approximate surface area is 140 Å². The van der Waals surface area contributed by atoms with Crippen molar-refractivity contribution in [1.82, 2.24) is 0 Å². The van der Waals surface area contributed by atoms with E-state index in [0.29, 0.717) is 28.0 Å². The van der Waals surface area contributed by atoms with E-state index in [4.69, 9.17) is 4.74 Å². The first kappa shape index (κ1) is 16.5. The van der Waals surface area contributed by atoms with Crippen LogP contribution < -0.4 is 4.74 Å². The van der Waals surface area contributed by atoms with Gasteiger partial charge in [0.1, 0.15) is 5.75 Å². The van der Waals surface area contributed by atoms with Gasteiger partial charge in [-0.1, -0.05) is 6.08 Å². The lowest BCUT2D eigenvalue weighted by Gasteiger charge is -2.44. The molecule has 2 aliphatic rings. The topological polar surface area (TPSA) is 83.8 Å². The number of carbonyl (C=O) groups is 2. The normalized spacial score (nSPS) is 24.7. The molecule has 24 heavy (non-hydrogen) atoms.